The minimum atomic E-state index is -0.959. The van der Waals surface area contributed by atoms with Crippen LogP contribution < -0.4 is 10.1 Å². The van der Waals surface area contributed by atoms with Crippen LogP contribution in [-0.2, 0) is 4.79 Å². The van der Waals surface area contributed by atoms with Gasteiger partial charge in [-0.1, -0.05) is 30.3 Å². The topological polar surface area (TPSA) is 94.4 Å². The fourth-order valence-electron chi connectivity index (χ4n) is 2.14. The molecule has 1 unspecified atom stereocenters. The van der Waals surface area contributed by atoms with Crippen molar-refractivity contribution in [3.05, 3.63) is 64.3 Å². The molecule has 1 N–H and O–H groups in total. The van der Waals surface area contributed by atoms with Gasteiger partial charge in [0.05, 0.1) is 0 Å². The number of carbonyl (C=O) groups is 1. The molecule has 118 valence electrons. The van der Waals surface area contributed by atoms with Gasteiger partial charge in [0.15, 0.2) is 0 Å². The quantitative estimate of drug-likeness (QED) is 0.652. The Labute approximate surface area is 132 Å². The molecular formula is C16H15N3O4. The zero-order chi connectivity index (χ0) is 16.2. The van der Waals surface area contributed by atoms with Gasteiger partial charge in [-0.2, -0.15) is 0 Å². The third kappa shape index (κ3) is 3.63. The number of hydrogen-bond acceptors (Lipinski definition) is 5. The molecule has 7 nitrogen and oxygen atoms in total. The monoisotopic (exact) mass is 313 g/mol. The molecule has 0 saturated heterocycles. The largest absolute Gasteiger partial charge is 0.467 e. The van der Waals surface area contributed by atoms with Crippen LogP contribution in [0.2, 0.25) is 0 Å². The first-order valence-electron chi connectivity index (χ1n) is 7.26. The minimum Gasteiger partial charge on any atom is -0.467 e. The van der Waals surface area contributed by atoms with Gasteiger partial charge in [-0.15, -0.1) is 0 Å². The fourth-order valence-corrected chi connectivity index (χ4v) is 2.14. The molecule has 0 spiro atoms. The third-order valence-electron chi connectivity index (χ3n) is 3.43. The highest BCUT2D eigenvalue weighted by Crippen LogP contribution is 2.30. The van der Waals surface area contributed by atoms with Crippen LogP contribution in [0, 0.1) is 10.1 Å². The van der Waals surface area contributed by atoms with Crippen molar-refractivity contribution in [3.63, 3.8) is 0 Å². The lowest BCUT2D eigenvalue weighted by atomic mass is 10.1. The smallest absolute Gasteiger partial charge is 0.406 e. The van der Waals surface area contributed by atoms with Crippen LogP contribution in [0.1, 0.15) is 24.5 Å². The standard InChI is InChI=1S/C16H15N3O4/c20-16(18-12-8-9-12)14(11-5-2-1-3-6-11)23-13-7-4-10-17-15(13)19(21)22/h1-7,10,12,14H,8-9H2,(H,18,20). The maximum Gasteiger partial charge on any atom is 0.406 e. The molecule has 1 heterocycles. The maximum atomic E-state index is 12.5. The SMILES string of the molecule is O=C(NC1CC1)C(Oc1cccnc1[N+](=O)[O-])c1ccccc1. The second kappa shape index (κ2) is 6.43. The van der Waals surface area contributed by atoms with Gasteiger partial charge < -0.3 is 20.2 Å². The van der Waals surface area contributed by atoms with Crippen LogP contribution in [0.15, 0.2) is 48.7 Å². The summed E-state index contributed by atoms with van der Waals surface area (Å²) in [6, 6.07) is 12.0. The number of pyridine rings is 1. The first-order chi connectivity index (χ1) is 11.1. The van der Waals surface area contributed by atoms with Gasteiger partial charge in [-0.3, -0.25) is 4.79 Å². The van der Waals surface area contributed by atoms with Crippen LogP contribution in [0.3, 0.4) is 0 Å². The average molecular weight is 313 g/mol. The van der Waals surface area contributed by atoms with Crippen molar-refractivity contribution < 1.29 is 14.5 Å². The summed E-state index contributed by atoms with van der Waals surface area (Å²) in [5.41, 5.74) is 0.629. The molecule has 1 fully saturated rings. The molecule has 1 atom stereocenters. The second-order valence-electron chi connectivity index (χ2n) is 5.27. The van der Waals surface area contributed by atoms with Crippen molar-refractivity contribution in [1.82, 2.24) is 10.3 Å². The Hall–Kier alpha value is -2.96. The summed E-state index contributed by atoms with van der Waals surface area (Å²) in [6.07, 6.45) is 2.24. The number of carbonyl (C=O) groups excluding carboxylic acids is 1. The van der Waals surface area contributed by atoms with Crippen LogP contribution in [0.4, 0.5) is 5.82 Å². The Balaban J connectivity index is 1.89. The Bertz CT molecular complexity index is 716. The van der Waals surface area contributed by atoms with Crippen LogP contribution in [0.25, 0.3) is 0 Å². The van der Waals surface area contributed by atoms with Crippen molar-refractivity contribution in [2.75, 3.05) is 0 Å². The van der Waals surface area contributed by atoms with Crippen LogP contribution >= 0.6 is 0 Å². The van der Waals surface area contributed by atoms with Crippen molar-refractivity contribution in [3.8, 4) is 5.75 Å². The second-order valence-corrected chi connectivity index (χ2v) is 5.27. The number of rotatable bonds is 6. The molecule has 1 aromatic carbocycles. The lowest BCUT2D eigenvalue weighted by molar-refractivity contribution is -0.390. The van der Waals surface area contributed by atoms with Crippen molar-refractivity contribution in [1.29, 1.82) is 0 Å². The summed E-state index contributed by atoms with van der Waals surface area (Å²) in [6.45, 7) is 0. The molecule has 1 aliphatic rings. The molecule has 1 amide bonds. The van der Waals surface area contributed by atoms with Gasteiger partial charge in [0.1, 0.15) is 6.20 Å². The number of hydrogen-bond donors (Lipinski definition) is 1. The number of benzene rings is 1. The third-order valence-corrected chi connectivity index (χ3v) is 3.43. The predicted molar refractivity (Wildman–Crippen MR) is 81.9 cm³/mol. The zero-order valence-corrected chi connectivity index (χ0v) is 12.2. The number of nitrogens with zero attached hydrogens (tertiary/aromatic N) is 2. The van der Waals surface area contributed by atoms with Crippen molar-refractivity contribution in [2.45, 2.75) is 25.0 Å². The van der Waals surface area contributed by atoms with Crippen LogP contribution in [0.5, 0.6) is 5.75 Å². The summed E-state index contributed by atoms with van der Waals surface area (Å²) in [7, 11) is 0. The van der Waals surface area contributed by atoms with Crippen molar-refractivity contribution >= 4 is 11.7 Å². The Morgan fingerprint density at radius 3 is 2.65 bits per heavy atom. The summed E-state index contributed by atoms with van der Waals surface area (Å²) < 4.78 is 5.67. The molecule has 7 heteroatoms. The molecule has 0 bridgehead atoms. The van der Waals surface area contributed by atoms with Crippen LogP contribution in [-0.4, -0.2) is 21.9 Å². The summed E-state index contributed by atoms with van der Waals surface area (Å²) in [5.74, 6) is -0.748. The van der Waals surface area contributed by atoms with Crippen molar-refractivity contribution in [2.24, 2.45) is 0 Å². The lowest BCUT2D eigenvalue weighted by Gasteiger charge is -2.18. The van der Waals surface area contributed by atoms with E-state index in [9.17, 15) is 14.9 Å². The van der Waals surface area contributed by atoms with E-state index in [-0.39, 0.29) is 17.7 Å². The van der Waals surface area contributed by atoms with E-state index in [4.69, 9.17) is 4.74 Å². The molecule has 1 aliphatic carbocycles. The highest BCUT2D eigenvalue weighted by molar-refractivity contribution is 5.83. The summed E-state index contributed by atoms with van der Waals surface area (Å²) in [5, 5.41) is 13.9. The molecular weight excluding hydrogens is 298 g/mol. The molecule has 1 saturated carbocycles. The van der Waals surface area contributed by atoms with E-state index in [2.05, 4.69) is 10.3 Å². The fraction of sp³-hybridized carbons (Fsp3) is 0.250. The van der Waals surface area contributed by atoms with E-state index in [1.165, 1.54) is 18.3 Å². The Morgan fingerprint density at radius 2 is 2.00 bits per heavy atom. The molecule has 0 radical (unpaired) electrons. The predicted octanol–water partition coefficient (Wildman–Crippen LogP) is 2.39. The van der Waals surface area contributed by atoms with E-state index < -0.39 is 16.8 Å². The van der Waals surface area contributed by atoms with E-state index in [1.54, 1.807) is 24.3 Å². The number of nitro groups is 1. The van der Waals surface area contributed by atoms with E-state index in [0.717, 1.165) is 12.8 Å². The normalized spacial score (nSPS) is 14.8. The lowest BCUT2D eigenvalue weighted by Crippen LogP contribution is -2.34. The Kier molecular flexibility index (Phi) is 4.18. The molecule has 2 aromatic rings. The molecule has 1 aromatic heterocycles. The number of amides is 1. The van der Waals surface area contributed by atoms with Gasteiger partial charge in [-0.25, -0.2) is 0 Å². The van der Waals surface area contributed by atoms with E-state index >= 15 is 0 Å². The van der Waals surface area contributed by atoms with E-state index in [0.29, 0.717) is 5.56 Å². The van der Waals surface area contributed by atoms with Gasteiger partial charge in [0.2, 0.25) is 11.9 Å². The molecule has 3 rings (SSSR count). The summed E-state index contributed by atoms with van der Waals surface area (Å²) in [4.78, 5) is 26.6. The minimum absolute atomic E-state index is 0.0303. The highest BCUT2D eigenvalue weighted by atomic mass is 16.6. The number of aromatic nitrogens is 1. The first-order valence-corrected chi connectivity index (χ1v) is 7.26. The highest BCUT2D eigenvalue weighted by Gasteiger charge is 2.31. The molecule has 23 heavy (non-hydrogen) atoms. The Morgan fingerprint density at radius 1 is 1.26 bits per heavy atom. The summed E-state index contributed by atoms with van der Waals surface area (Å²) >= 11 is 0. The van der Waals surface area contributed by atoms with Gasteiger partial charge >= 0.3 is 5.82 Å². The first kappa shape index (κ1) is 15.0. The number of nitrogens with one attached hydrogen (secondary N) is 1. The van der Waals surface area contributed by atoms with Gasteiger partial charge in [0.25, 0.3) is 5.91 Å². The van der Waals surface area contributed by atoms with Gasteiger partial charge in [-0.05, 0) is 34.9 Å². The zero-order valence-electron chi connectivity index (χ0n) is 12.2. The number of ether oxygens (including phenoxy) is 1. The van der Waals surface area contributed by atoms with E-state index in [1.807, 2.05) is 6.07 Å². The van der Waals surface area contributed by atoms with Gasteiger partial charge in [0, 0.05) is 11.6 Å². The average Bonchev–Trinajstić information content (AvgIpc) is 3.37. The molecule has 0 aliphatic heterocycles. The maximum absolute atomic E-state index is 12.5.